The second kappa shape index (κ2) is 8.53. The number of esters is 1. The molecule has 8 heteroatoms. The summed E-state index contributed by atoms with van der Waals surface area (Å²) in [5, 5.41) is 1.76. The van der Waals surface area contributed by atoms with Crippen molar-refractivity contribution >= 4 is 40.6 Å². The number of rotatable bonds is 7. The lowest BCUT2D eigenvalue weighted by molar-refractivity contribution is 0.0475. The second-order valence-electron chi connectivity index (χ2n) is 6.61. The highest BCUT2D eigenvalue weighted by Gasteiger charge is 2.37. The van der Waals surface area contributed by atoms with Gasteiger partial charge in [0.15, 0.2) is 6.61 Å². The number of imide groups is 1. The maximum absolute atomic E-state index is 12.9. The zero-order valence-corrected chi connectivity index (χ0v) is 17.3. The lowest BCUT2D eigenvalue weighted by Crippen LogP contribution is -2.29. The van der Waals surface area contributed by atoms with Gasteiger partial charge in [-0.25, -0.2) is 9.69 Å². The zero-order chi connectivity index (χ0) is 22.0. The number of ketones is 1. The molecule has 0 saturated carbocycles. The van der Waals surface area contributed by atoms with Crippen molar-refractivity contribution in [2.75, 3.05) is 18.1 Å². The lowest BCUT2D eigenvalue weighted by Gasteiger charge is -2.14. The molecule has 156 valence electrons. The van der Waals surface area contributed by atoms with Crippen molar-refractivity contribution < 1.29 is 28.7 Å². The summed E-state index contributed by atoms with van der Waals surface area (Å²) in [6.07, 6.45) is 0. The Labute approximate surface area is 181 Å². The van der Waals surface area contributed by atoms with E-state index in [4.69, 9.17) is 9.47 Å². The number of hydrogen-bond donors (Lipinski definition) is 0. The van der Waals surface area contributed by atoms with Gasteiger partial charge in [-0.2, -0.15) is 0 Å². The molecule has 0 bridgehead atoms. The third-order valence-corrected chi connectivity index (χ3v) is 5.57. The molecule has 0 spiro atoms. The molecule has 7 nitrogen and oxygen atoms in total. The number of ether oxygens (including phenoxy) is 2. The van der Waals surface area contributed by atoms with Crippen LogP contribution in [0.3, 0.4) is 0 Å². The number of carbonyl (C=O) groups is 4. The van der Waals surface area contributed by atoms with Crippen LogP contribution in [0.1, 0.15) is 47.7 Å². The van der Waals surface area contributed by atoms with Gasteiger partial charge in [-0.3, -0.25) is 14.4 Å². The molecule has 1 aliphatic heterocycles. The summed E-state index contributed by atoms with van der Waals surface area (Å²) in [4.78, 5) is 51.6. The van der Waals surface area contributed by atoms with Crippen molar-refractivity contribution in [2.45, 2.75) is 6.92 Å². The predicted molar refractivity (Wildman–Crippen MR) is 114 cm³/mol. The van der Waals surface area contributed by atoms with Crippen LogP contribution in [-0.4, -0.2) is 36.8 Å². The summed E-state index contributed by atoms with van der Waals surface area (Å²) in [7, 11) is 0. The number of thiophene rings is 1. The molecular formula is C23H17NO6S. The largest absolute Gasteiger partial charge is 0.494 e. The van der Waals surface area contributed by atoms with Crippen LogP contribution in [-0.2, 0) is 4.74 Å². The Morgan fingerprint density at radius 2 is 1.71 bits per heavy atom. The second-order valence-corrected chi connectivity index (χ2v) is 7.56. The molecule has 0 fully saturated rings. The van der Waals surface area contributed by atoms with Crippen LogP contribution in [0, 0.1) is 0 Å². The van der Waals surface area contributed by atoms with E-state index in [9.17, 15) is 19.2 Å². The number of benzene rings is 2. The molecule has 0 atom stereocenters. The maximum atomic E-state index is 12.9. The Morgan fingerprint density at radius 3 is 2.39 bits per heavy atom. The maximum Gasteiger partial charge on any atom is 0.338 e. The molecule has 1 aromatic heterocycles. The Morgan fingerprint density at radius 1 is 0.968 bits per heavy atom. The number of anilines is 1. The van der Waals surface area contributed by atoms with E-state index in [1.807, 2.05) is 6.92 Å². The number of carbonyl (C=O) groups excluding carboxylic acids is 4. The number of nitrogens with zero attached hydrogens (tertiary/aromatic N) is 1. The molecule has 0 aliphatic carbocycles. The lowest BCUT2D eigenvalue weighted by atomic mass is 10.1. The number of hydrogen-bond acceptors (Lipinski definition) is 7. The van der Waals surface area contributed by atoms with E-state index in [1.54, 1.807) is 41.8 Å². The van der Waals surface area contributed by atoms with Gasteiger partial charge in [0, 0.05) is 0 Å². The summed E-state index contributed by atoms with van der Waals surface area (Å²) < 4.78 is 10.5. The third kappa shape index (κ3) is 3.97. The monoisotopic (exact) mass is 435 g/mol. The molecule has 2 amide bonds. The normalized spacial score (nSPS) is 12.6. The van der Waals surface area contributed by atoms with E-state index < -0.39 is 24.4 Å². The van der Waals surface area contributed by atoms with Crippen LogP contribution in [0.5, 0.6) is 5.75 Å². The Balaban J connectivity index is 1.51. The average molecular weight is 435 g/mol. The third-order valence-electron chi connectivity index (χ3n) is 4.66. The van der Waals surface area contributed by atoms with E-state index >= 15 is 0 Å². The highest BCUT2D eigenvalue weighted by atomic mass is 32.1. The van der Waals surface area contributed by atoms with E-state index in [2.05, 4.69) is 0 Å². The fourth-order valence-corrected chi connectivity index (χ4v) is 3.83. The molecule has 0 radical (unpaired) electrons. The van der Waals surface area contributed by atoms with Crippen molar-refractivity contribution in [1.29, 1.82) is 0 Å². The van der Waals surface area contributed by atoms with Gasteiger partial charge in [0.1, 0.15) is 5.75 Å². The van der Waals surface area contributed by atoms with Gasteiger partial charge in [0.2, 0.25) is 5.78 Å². The summed E-state index contributed by atoms with van der Waals surface area (Å²) >= 11 is 1.26. The first kappa shape index (κ1) is 20.5. The quantitative estimate of drug-likeness (QED) is 0.317. The fraction of sp³-hybridized carbons (Fsp3) is 0.130. The molecule has 2 aromatic carbocycles. The van der Waals surface area contributed by atoms with Crippen molar-refractivity contribution in [3.8, 4) is 5.75 Å². The minimum Gasteiger partial charge on any atom is -0.494 e. The van der Waals surface area contributed by atoms with E-state index in [1.165, 1.54) is 29.5 Å². The first-order valence-electron chi connectivity index (χ1n) is 9.49. The molecule has 0 N–H and O–H groups in total. The molecular weight excluding hydrogens is 418 g/mol. The molecule has 1 aliphatic rings. The van der Waals surface area contributed by atoms with Crippen LogP contribution in [0.4, 0.5) is 5.69 Å². The molecule has 0 unspecified atom stereocenters. The van der Waals surface area contributed by atoms with Gasteiger partial charge in [-0.15, -0.1) is 11.3 Å². The van der Waals surface area contributed by atoms with Gasteiger partial charge in [0.25, 0.3) is 11.8 Å². The van der Waals surface area contributed by atoms with Gasteiger partial charge < -0.3 is 9.47 Å². The first-order valence-corrected chi connectivity index (χ1v) is 10.4. The number of Topliss-reactive ketones (excluding diaryl/α,β-unsaturated/α-hetero) is 1. The molecule has 31 heavy (non-hydrogen) atoms. The summed E-state index contributed by atoms with van der Waals surface area (Å²) in [6, 6.07) is 14.1. The molecule has 4 rings (SSSR count). The fourth-order valence-electron chi connectivity index (χ4n) is 3.18. The van der Waals surface area contributed by atoms with Gasteiger partial charge >= 0.3 is 5.97 Å². The Kier molecular flexibility index (Phi) is 5.64. The van der Waals surface area contributed by atoms with Crippen LogP contribution in [0.25, 0.3) is 0 Å². The Bertz CT molecular complexity index is 1170. The SMILES string of the molecule is CCOc1ccc(N2C(=O)c3ccc(C(=O)OCC(=O)c4cccs4)cc3C2=O)cc1. The average Bonchev–Trinajstić information content (AvgIpc) is 3.40. The highest BCUT2D eigenvalue weighted by Crippen LogP contribution is 2.30. The summed E-state index contributed by atoms with van der Waals surface area (Å²) in [5.74, 6) is -1.43. The topological polar surface area (TPSA) is 90.0 Å². The van der Waals surface area contributed by atoms with E-state index in [-0.39, 0.29) is 22.5 Å². The number of amides is 2. The molecule has 2 heterocycles. The van der Waals surface area contributed by atoms with Crippen molar-refractivity contribution in [1.82, 2.24) is 0 Å². The zero-order valence-electron chi connectivity index (χ0n) is 16.5. The summed E-state index contributed by atoms with van der Waals surface area (Å²) in [6.45, 7) is 1.96. The molecule has 3 aromatic rings. The van der Waals surface area contributed by atoms with Gasteiger partial charge in [-0.1, -0.05) is 6.07 Å². The van der Waals surface area contributed by atoms with Crippen LogP contribution >= 0.6 is 11.3 Å². The standard InChI is InChI=1S/C23H17NO6S/c1-2-29-16-8-6-15(7-9-16)24-21(26)17-10-5-14(12-18(17)22(24)27)23(28)30-13-19(25)20-4-3-11-31-20/h3-12H,2,13H2,1H3. The van der Waals surface area contributed by atoms with E-state index in [0.29, 0.717) is 22.9 Å². The predicted octanol–water partition coefficient (Wildman–Crippen LogP) is 3.99. The van der Waals surface area contributed by atoms with Crippen molar-refractivity contribution in [3.05, 3.63) is 81.5 Å². The van der Waals surface area contributed by atoms with E-state index in [0.717, 1.165) is 4.90 Å². The minimum atomic E-state index is -0.743. The smallest absolute Gasteiger partial charge is 0.338 e. The molecule has 0 saturated heterocycles. The van der Waals surface area contributed by atoms with Crippen molar-refractivity contribution in [2.24, 2.45) is 0 Å². The van der Waals surface area contributed by atoms with Crippen LogP contribution in [0.15, 0.2) is 60.0 Å². The van der Waals surface area contributed by atoms with Crippen molar-refractivity contribution in [3.63, 3.8) is 0 Å². The van der Waals surface area contributed by atoms with Gasteiger partial charge in [-0.05, 0) is 60.8 Å². The highest BCUT2D eigenvalue weighted by molar-refractivity contribution is 7.12. The Hall–Kier alpha value is -3.78. The number of fused-ring (bicyclic) bond motifs is 1. The summed E-state index contributed by atoms with van der Waals surface area (Å²) in [5.41, 5.74) is 0.802. The first-order chi connectivity index (χ1) is 15.0. The minimum absolute atomic E-state index is 0.0902. The van der Waals surface area contributed by atoms with Gasteiger partial charge in [0.05, 0.1) is 33.9 Å². The van der Waals surface area contributed by atoms with Crippen LogP contribution < -0.4 is 9.64 Å². The van der Waals surface area contributed by atoms with Crippen LogP contribution in [0.2, 0.25) is 0 Å².